The second-order valence-corrected chi connectivity index (χ2v) is 9.35. The summed E-state index contributed by atoms with van der Waals surface area (Å²) in [6, 6.07) is 0.958. The maximum Gasteiger partial charge on any atom is 0.500 e. The average molecular weight is 373 g/mol. The highest BCUT2D eigenvalue weighted by atomic mass is 28.4. The number of aliphatic imine (C=N–C) groups is 1. The van der Waals surface area contributed by atoms with Crippen molar-refractivity contribution in [3.05, 3.63) is 0 Å². The first kappa shape index (κ1) is 22.6. The molecule has 0 saturated heterocycles. The van der Waals surface area contributed by atoms with E-state index in [1.165, 1.54) is 51.5 Å². The molecule has 0 amide bonds. The van der Waals surface area contributed by atoms with Crippen LogP contribution in [-0.2, 0) is 13.3 Å². The largest absolute Gasteiger partial charge is 0.500 e. The van der Waals surface area contributed by atoms with E-state index in [1.807, 2.05) is 27.1 Å². The van der Waals surface area contributed by atoms with Crippen LogP contribution in [0.1, 0.15) is 72.1 Å². The third-order valence-corrected chi connectivity index (χ3v) is 7.68. The van der Waals surface area contributed by atoms with Crippen molar-refractivity contribution in [3.8, 4) is 0 Å². The molecular formula is C19H40N2O3Si. The van der Waals surface area contributed by atoms with Crippen LogP contribution in [0.5, 0.6) is 0 Å². The molecule has 0 spiro atoms. The number of rotatable bonds is 17. The molecule has 0 aliphatic carbocycles. The molecule has 0 bridgehead atoms. The van der Waals surface area contributed by atoms with Crippen molar-refractivity contribution < 1.29 is 13.3 Å². The first-order valence-electron chi connectivity index (χ1n) is 10.4. The average Bonchev–Trinajstić information content (AvgIpc) is 3.11. The zero-order valence-electron chi connectivity index (χ0n) is 16.8. The summed E-state index contributed by atoms with van der Waals surface area (Å²) >= 11 is 0. The van der Waals surface area contributed by atoms with Gasteiger partial charge in [0, 0.05) is 39.0 Å². The van der Waals surface area contributed by atoms with Gasteiger partial charge in [0.2, 0.25) is 0 Å². The second-order valence-electron chi connectivity index (χ2n) is 6.62. The van der Waals surface area contributed by atoms with E-state index in [0.717, 1.165) is 25.6 Å². The van der Waals surface area contributed by atoms with E-state index in [9.17, 15) is 0 Å². The van der Waals surface area contributed by atoms with Gasteiger partial charge in [-0.15, -0.1) is 0 Å². The van der Waals surface area contributed by atoms with Gasteiger partial charge in [-0.25, -0.2) is 0 Å². The Labute approximate surface area is 156 Å². The molecule has 0 aromatic carbocycles. The number of unbranched alkanes of at least 4 members (excludes halogenated alkanes) is 7. The van der Waals surface area contributed by atoms with Crippen molar-refractivity contribution in [2.45, 2.75) is 78.2 Å². The van der Waals surface area contributed by atoms with Crippen molar-refractivity contribution in [2.75, 3.05) is 39.5 Å². The van der Waals surface area contributed by atoms with Crippen LogP contribution in [0.25, 0.3) is 0 Å². The van der Waals surface area contributed by atoms with Gasteiger partial charge >= 0.3 is 8.80 Å². The molecule has 1 rings (SSSR count). The Kier molecular flexibility index (Phi) is 13.3. The standard InChI is InChI=1S/C19H40N2O3Si/c1-4-22-25(23-5-2,24-6-3)18-14-12-10-8-7-9-11-13-16-21-17-15-20-19-21/h19H,4-18H2,1-3H3. The summed E-state index contributed by atoms with van der Waals surface area (Å²) in [5, 5.41) is 0. The van der Waals surface area contributed by atoms with Crippen molar-refractivity contribution in [2.24, 2.45) is 4.99 Å². The van der Waals surface area contributed by atoms with Crippen molar-refractivity contribution in [1.29, 1.82) is 0 Å². The molecule has 0 atom stereocenters. The lowest BCUT2D eigenvalue weighted by molar-refractivity contribution is 0.0706. The van der Waals surface area contributed by atoms with Gasteiger partial charge in [0.05, 0.1) is 12.9 Å². The molecule has 5 nitrogen and oxygen atoms in total. The summed E-state index contributed by atoms with van der Waals surface area (Å²) in [5.41, 5.74) is 0. The monoisotopic (exact) mass is 372 g/mol. The first-order chi connectivity index (χ1) is 12.3. The SMILES string of the molecule is CCO[Si](CCCCCCCCCCN1C=NCC1)(OCC)OCC. The molecular weight excluding hydrogens is 332 g/mol. The third kappa shape index (κ3) is 10.3. The van der Waals surface area contributed by atoms with E-state index < -0.39 is 8.80 Å². The maximum atomic E-state index is 5.91. The molecule has 25 heavy (non-hydrogen) atoms. The highest BCUT2D eigenvalue weighted by Gasteiger charge is 2.39. The quantitative estimate of drug-likeness (QED) is 0.278. The maximum absolute atomic E-state index is 5.91. The Morgan fingerprint density at radius 2 is 1.32 bits per heavy atom. The molecule has 0 fully saturated rings. The van der Waals surface area contributed by atoms with Gasteiger partial charge in [0.1, 0.15) is 0 Å². The molecule has 0 radical (unpaired) electrons. The van der Waals surface area contributed by atoms with Gasteiger partial charge in [0.15, 0.2) is 0 Å². The van der Waals surface area contributed by atoms with Crippen LogP contribution < -0.4 is 0 Å². The van der Waals surface area contributed by atoms with E-state index >= 15 is 0 Å². The normalized spacial score (nSPS) is 14.6. The molecule has 1 aliphatic heterocycles. The first-order valence-corrected chi connectivity index (χ1v) is 12.4. The van der Waals surface area contributed by atoms with Gasteiger partial charge in [-0.3, -0.25) is 4.99 Å². The third-order valence-electron chi connectivity index (χ3n) is 4.53. The van der Waals surface area contributed by atoms with E-state index in [1.54, 1.807) is 0 Å². The minimum absolute atomic E-state index is 0.676. The van der Waals surface area contributed by atoms with Crippen molar-refractivity contribution >= 4 is 15.1 Å². The molecule has 1 heterocycles. The summed E-state index contributed by atoms with van der Waals surface area (Å²) < 4.78 is 17.7. The Bertz CT molecular complexity index is 326. The number of hydrogen-bond acceptors (Lipinski definition) is 5. The Morgan fingerprint density at radius 1 is 0.800 bits per heavy atom. The van der Waals surface area contributed by atoms with Crippen molar-refractivity contribution in [1.82, 2.24) is 4.90 Å². The van der Waals surface area contributed by atoms with E-state index in [-0.39, 0.29) is 0 Å². The minimum atomic E-state index is -2.41. The summed E-state index contributed by atoms with van der Waals surface area (Å²) in [7, 11) is -2.41. The van der Waals surface area contributed by atoms with Gasteiger partial charge in [0.25, 0.3) is 0 Å². The number of nitrogens with zero attached hydrogens (tertiary/aromatic N) is 2. The fraction of sp³-hybridized carbons (Fsp3) is 0.947. The predicted molar refractivity (Wildman–Crippen MR) is 107 cm³/mol. The molecule has 0 aromatic rings. The van der Waals surface area contributed by atoms with Crippen LogP contribution in [0.3, 0.4) is 0 Å². The topological polar surface area (TPSA) is 43.3 Å². The van der Waals surface area contributed by atoms with Gasteiger partial charge in [-0.2, -0.15) is 0 Å². The molecule has 0 unspecified atom stereocenters. The van der Waals surface area contributed by atoms with Crippen molar-refractivity contribution in [3.63, 3.8) is 0 Å². The lowest BCUT2D eigenvalue weighted by Gasteiger charge is -2.28. The van der Waals surface area contributed by atoms with E-state index in [0.29, 0.717) is 19.8 Å². The molecule has 0 N–H and O–H groups in total. The highest BCUT2D eigenvalue weighted by Crippen LogP contribution is 2.20. The Balaban J connectivity index is 1.98. The Hall–Kier alpha value is -0.433. The van der Waals surface area contributed by atoms with Crippen LogP contribution in [0, 0.1) is 0 Å². The van der Waals surface area contributed by atoms with Crippen LogP contribution in [-0.4, -0.2) is 59.5 Å². The lowest BCUT2D eigenvalue weighted by atomic mass is 10.1. The zero-order chi connectivity index (χ0) is 18.2. The summed E-state index contributed by atoms with van der Waals surface area (Å²) in [4.78, 5) is 6.59. The van der Waals surface area contributed by atoms with Gasteiger partial charge in [-0.05, 0) is 33.6 Å². The molecule has 6 heteroatoms. The molecule has 0 saturated carbocycles. The van der Waals surface area contributed by atoms with Gasteiger partial charge < -0.3 is 18.2 Å². The van der Waals surface area contributed by atoms with Crippen LogP contribution >= 0.6 is 0 Å². The predicted octanol–water partition coefficient (Wildman–Crippen LogP) is 4.50. The summed E-state index contributed by atoms with van der Waals surface area (Å²) in [6.07, 6.45) is 12.4. The fourth-order valence-corrected chi connectivity index (χ4v) is 5.99. The van der Waals surface area contributed by atoms with Crippen LogP contribution in [0.2, 0.25) is 6.04 Å². The van der Waals surface area contributed by atoms with Crippen LogP contribution in [0.4, 0.5) is 0 Å². The van der Waals surface area contributed by atoms with E-state index in [4.69, 9.17) is 13.3 Å². The number of hydrogen-bond donors (Lipinski definition) is 0. The smallest absolute Gasteiger partial charge is 0.374 e. The molecule has 1 aliphatic rings. The van der Waals surface area contributed by atoms with E-state index in [2.05, 4.69) is 9.89 Å². The van der Waals surface area contributed by atoms with Crippen LogP contribution in [0.15, 0.2) is 4.99 Å². The van der Waals surface area contributed by atoms with Gasteiger partial charge in [-0.1, -0.05) is 38.5 Å². The summed E-state index contributed by atoms with van der Waals surface area (Å²) in [6.45, 7) is 11.4. The molecule has 0 aromatic heterocycles. The fourth-order valence-electron chi connectivity index (χ4n) is 3.30. The second kappa shape index (κ2) is 14.7. The Morgan fingerprint density at radius 3 is 1.80 bits per heavy atom. The highest BCUT2D eigenvalue weighted by molar-refractivity contribution is 6.60. The lowest BCUT2D eigenvalue weighted by Crippen LogP contribution is -2.45. The zero-order valence-corrected chi connectivity index (χ0v) is 17.8. The summed E-state index contributed by atoms with van der Waals surface area (Å²) in [5.74, 6) is 0. The minimum Gasteiger partial charge on any atom is -0.374 e. The molecule has 148 valence electrons.